The number of nitro groups is 1. The zero-order valence-electron chi connectivity index (χ0n) is 21.8. The van der Waals surface area contributed by atoms with Crippen LogP contribution in [-0.2, 0) is 5.54 Å². The fraction of sp³-hybridized carbons (Fsp3) is 0.0294. The summed E-state index contributed by atoms with van der Waals surface area (Å²) in [7, 11) is 0. The molecule has 7 aromatic rings. The van der Waals surface area contributed by atoms with E-state index in [-0.39, 0.29) is 5.69 Å². The molecule has 0 atom stereocenters. The SMILES string of the molecule is O=[N+]([O-])c1cnccc1-c1ccc2c3cnccc3n(C(c3ccccc3)(c3ccccc3)c3ccccc3)c2n1. The first-order valence-corrected chi connectivity index (χ1v) is 13.2. The lowest BCUT2D eigenvalue weighted by atomic mass is 9.76. The van der Waals surface area contributed by atoms with Crippen LogP contribution in [0.1, 0.15) is 16.7 Å². The van der Waals surface area contributed by atoms with Crippen LogP contribution < -0.4 is 0 Å². The van der Waals surface area contributed by atoms with Crippen LogP contribution in [0, 0.1) is 10.1 Å². The standard InChI is InChI=1S/C34H23N5O2/c40-39(41)32-23-36-20-18-28(32)30-17-16-27-29-22-35-21-19-31(29)38(33(27)37-30)34(24-10-4-1-5-11-24,25-12-6-2-7-13-25)26-14-8-3-9-15-26/h1-23H. The molecule has 4 aromatic heterocycles. The number of benzene rings is 3. The first-order valence-electron chi connectivity index (χ1n) is 13.2. The van der Waals surface area contributed by atoms with Gasteiger partial charge < -0.3 is 4.57 Å². The summed E-state index contributed by atoms with van der Waals surface area (Å²) in [5, 5.41) is 13.8. The second kappa shape index (κ2) is 9.81. The number of fused-ring (bicyclic) bond motifs is 3. The van der Waals surface area contributed by atoms with E-state index in [4.69, 9.17) is 4.98 Å². The molecule has 0 N–H and O–H groups in total. The Kier molecular flexibility index (Phi) is 5.83. The van der Waals surface area contributed by atoms with Crippen molar-refractivity contribution in [2.75, 3.05) is 0 Å². The van der Waals surface area contributed by atoms with Gasteiger partial charge in [0.2, 0.25) is 0 Å². The molecular weight excluding hydrogens is 510 g/mol. The highest BCUT2D eigenvalue weighted by molar-refractivity contribution is 6.07. The van der Waals surface area contributed by atoms with E-state index >= 15 is 0 Å². The third kappa shape index (κ3) is 3.78. The zero-order chi connectivity index (χ0) is 27.8. The second-order valence-electron chi connectivity index (χ2n) is 9.75. The van der Waals surface area contributed by atoms with Crippen molar-refractivity contribution in [1.82, 2.24) is 19.5 Å². The maximum Gasteiger partial charge on any atom is 0.296 e. The molecule has 0 amide bonds. The highest BCUT2D eigenvalue weighted by atomic mass is 16.6. The van der Waals surface area contributed by atoms with Crippen molar-refractivity contribution in [2.24, 2.45) is 0 Å². The second-order valence-corrected chi connectivity index (χ2v) is 9.75. The van der Waals surface area contributed by atoms with Crippen LogP contribution in [0.3, 0.4) is 0 Å². The molecule has 0 unspecified atom stereocenters. The Morgan fingerprint density at radius 1 is 0.634 bits per heavy atom. The van der Waals surface area contributed by atoms with Crippen molar-refractivity contribution in [3.63, 3.8) is 0 Å². The molecule has 41 heavy (non-hydrogen) atoms. The van der Waals surface area contributed by atoms with Gasteiger partial charge >= 0.3 is 0 Å². The van der Waals surface area contributed by atoms with Gasteiger partial charge in [-0.25, -0.2) is 4.98 Å². The normalized spacial score (nSPS) is 11.6. The van der Waals surface area contributed by atoms with E-state index in [0.717, 1.165) is 33.0 Å². The first kappa shape index (κ1) is 24.4. The molecule has 0 radical (unpaired) electrons. The quantitative estimate of drug-likeness (QED) is 0.126. The third-order valence-corrected chi connectivity index (χ3v) is 7.60. The lowest BCUT2D eigenvalue weighted by molar-refractivity contribution is -0.384. The minimum absolute atomic E-state index is 0.0934. The summed E-state index contributed by atoms with van der Waals surface area (Å²) in [6, 6.07) is 38.6. The Morgan fingerprint density at radius 2 is 1.20 bits per heavy atom. The summed E-state index contributed by atoms with van der Waals surface area (Å²) in [5.74, 6) is 0. The Morgan fingerprint density at radius 3 is 1.78 bits per heavy atom. The van der Waals surface area contributed by atoms with Crippen LogP contribution in [0.5, 0.6) is 0 Å². The maximum absolute atomic E-state index is 11.9. The van der Waals surface area contributed by atoms with E-state index in [2.05, 4.69) is 50.9 Å². The average Bonchev–Trinajstić information content (AvgIpc) is 3.37. The molecule has 7 rings (SSSR count). The van der Waals surface area contributed by atoms with Crippen LogP contribution in [-0.4, -0.2) is 24.4 Å². The monoisotopic (exact) mass is 533 g/mol. The number of rotatable bonds is 6. The average molecular weight is 534 g/mol. The number of hydrogen-bond acceptors (Lipinski definition) is 5. The van der Waals surface area contributed by atoms with Crippen LogP contribution in [0.15, 0.2) is 140 Å². The minimum atomic E-state index is -0.832. The van der Waals surface area contributed by atoms with Gasteiger partial charge in [0.1, 0.15) is 17.4 Å². The topological polar surface area (TPSA) is 86.7 Å². The minimum Gasteiger partial charge on any atom is -0.307 e. The van der Waals surface area contributed by atoms with Gasteiger partial charge in [0.05, 0.1) is 21.7 Å². The fourth-order valence-electron chi connectivity index (χ4n) is 5.90. The van der Waals surface area contributed by atoms with E-state index in [1.807, 2.05) is 79.0 Å². The summed E-state index contributed by atoms with van der Waals surface area (Å²) in [6.07, 6.45) is 6.47. The van der Waals surface area contributed by atoms with Crippen LogP contribution in [0.25, 0.3) is 33.2 Å². The van der Waals surface area contributed by atoms with Crippen molar-refractivity contribution >= 4 is 27.6 Å². The molecule has 0 aliphatic heterocycles. The summed E-state index contributed by atoms with van der Waals surface area (Å²) >= 11 is 0. The fourth-order valence-corrected chi connectivity index (χ4v) is 5.90. The van der Waals surface area contributed by atoms with Crippen molar-refractivity contribution in [1.29, 1.82) is 0 Å². The molecular formula is C34H23N5O2. The van der Waals surface area contributed by atoms with Crippen molar-refractivity contribution in [3.05, 3.63) is 167 Å². The van der Waals surface area contributed by atoms with E-state index in [0.29, 0.717) is 16.9 Å². The Bertz CT molecular complexity index is 1930. The molecule has 4 heterocycles. The van der Waals surface area contributed by atoms with Crippen LogP contribution in [0.4, 0.5) is 5.69 Å². The van der Waals surface area contributed by atoms with E-state index in [1.165, 1.54) is 6.20 Å². The van der Waals surface area contributed by atoms with Crippen molar-refractivity contribution in [3.8, 4) is 11.3 Å². The smallest absolute Gasteiger partial charge is 0.296 e. The molecule has 0 bridgehead atoms. The highest BCUT2D eigenvalue weighted by Crippen LogP contribution is 2.46. The first-order chi connectivity index (χ1) is 20.2. The van der Waals surface area contributed by atoms with E-state index in [1.54, 1.807) is 18.5 Å². The predicted molar refractivity (Wildman–Crippen MR) is 160 cm³/mol. The Labute approximate surface area is 235 Å². The molecule has 0 spiro atoms. The summed E-state index contributed by atoms with van der Waals surface area (Å²) in [4.78, 5) is 25.1. The van der Waals surface area contributed by atoms with Gasteiger partial charge in [0.15, 0.2) is 0 Å². The van der Waals surface area contributed by atoms with Gasteiger partial charge in [0.25, 0.3) is 5.69 Å². The molecule has 0 fully saturated rings. The third-order valence-electron chi connectivity index (χ3n) is 7.60. The summed E-state index contributed by atoms with van der Waals surface area (Å²) < 4.78 is 2.26. The van der Waals surface area contributed by atoms with Gasteiger partial charge in [-0.3, -0.25) is 20.1 Å². The molecule has 196 valence electrons. The Hall–Kier alpha value is -5.69. The van der Waals surface area contributed by atoms with E-state index in [9.17, 15) is 10.1 Å². The van der Waals surface area contributed by atoms with Crippen molar-refractivity contribution in [2.45, 2.75) is 5.54 Å². The van der Waals surface area contributed by atoms with Gasteiger partial charge in [-0.1, -0.05) is 91.0 Å². The zero-order valence-corrected chi connectivity index (χ0v) is 21.8. The molecule has 0 saturated carbocycles. The largest absolute Gasteiger partial charge is 0.307 e. The summed E-state index contributed by atoms with van der Waals surface area (Å²) in [6.45, 7) is 0. The predicted octanol–water partition coefficient (Wildman–Crippen LogP) is 7.39. The highest BCUT2D eigenvalue weighted by Gasteiger charge is 2.41. The lowest BCUT2D eigenvalue weighted by Gasteiger charge is -2.38. The molecule has 0 aliphatic rings. The van der Waals surface area contributed by atoms with Gasteiger partial charge in [-0.15, -0.1) is 0 Å². The molecule has 0 saturated heterocycles. The van der Waals surface area contributed by atoms with Gasteiger partial charge in [-0.2, -0.15) is 0 Å². The lowest BCUT2D eigenvalue weighted by Crippen LogP contribution is -2.37. The van der Waals surface area contributed by atoms with Gasteiger partial charge in [0, 0.05) is 29.4 Å². The molecule has 3 aromatic carbocycles. The Balaban J connectivity index is 1.69. The number of hydrogen-bond donors (Lipinski definition) is 0. The summed E-state index contributed by atoms with van der Waals surface area (Å²) in [5.41, 5.74) is 4.76. The number of aromatic nitrogens is 4. The maximum atomic E-state index is 11.9. The van der Waals surface area contributed by atoms with Crippen LogP contribution >= 0.6 is 0 Å². The van der Waals surface area contributed by atoms with Gasteiger partial charge in [-0.05, 0) is 41.0 Å². The number of nitrogens with zero attached hydrogens (tertiary/aromatic N) is 5. The van der Waals surface area contributed by atoms with E-state index < -0.39 is 10.5 Å². The molecule has 7 heteroatoms. The molecule has 7 nitrogen and oxygen atoms in total. The number of pyridine rings is 3. The van der Waals surface area contributed by atoms with Crippen LogP contribution in [0.2, 0.25) is 0 Å². The molecule has 0 aliphatic carbocycles. The van der Waals surface area contributed by atoms with Crippen molar-refractivity contribution < 1.29 is 4.92 Å².